The number of hydrogen-bond donors (Lipinski definition) is 2. The lowest BCUT2D eigenvalue weighted by Gasteiger charge is -2.35. The zero-order chi connectivity index (χ0) is 31.0. The predicted octanol–water partition coefficient (Wildman–Crippen LogP) is 4.10. The third-order valence-corrected chi connectivity index (χ3v) is 7.66. The number of piperazine rings is 1. The van der Waals surface area contributed by atoms with E-state index in [2.05, 4.69) is 19.6 Å². The number of aromatic nitrogens is 4. The lowest BCUT2D eigenvalue weighted by Crippen LogP contribution is -2.51. The Balaban J connectivity index is 1.10. The van der Waals surface area contributed by atoms with E-state index in [9.17, 15) is 33.0 Å². The van der Waals surface area contributed by atoms with Crippen LogP contribution in [0.2, 0.25) is 0 Å². The molecule has 4 heterocycles. The number of rotatable bonds is 5. The first kappa shape index (κ1) is 29.2. The first-order valence-electron chi connectivity index (χ1n) is 13.9. The van der Waals surface area contributed by atoms with Crippen molar-refractivity contribution < 1.29 is 47.0 Å². The van der Waals surface area contributed by atoms with E-state index in [0.29, 0.717) is 25.7 Å². The Morgan fingerprint density at radius 3 is 2.45 bits per heavy atom. The van der Waals surface area contributed by atoms with Crippen molar-refractivity contribution in [1.29, 1.82) is 0 Å². The van der Waals surface area contributed by atoms with E-state index in [1.54, 1.807) is 0 Å². The summed E-state index contributed by atoms with van der Waals surface area (Å²) in [4.78, 5) is 37.0. The monoisotopic (exact) mass is 616 g/mol. The predicted molar refractivity (Wildman–Crippen MR) is 144 cm³/mol. The van der Waals surface area contributed by atoms with E-state index in [0.717, 1.165) is 6.26 Å². The van der Waals surface area contributed by atoms with Crippen LogP contribution in [0, 0.1) is 0 Å². The summed E-state index contributed by atoms with van der Waals surface area (Å²) >= 11 is 0. The molecule has 44 heavy (non-hydrogen) atoms. The average molecular weight is 617 g/mol. The van der Waals surface area contributed by atoms with E-state index in [4.69, 9.17) is 9.47 Å². The molecule has 1 saturated carbocycles. The molecule has 1 aromatic carbocycles. The summed E-state index contributed by atoms with van der Waals surface area (Å²) in [7, 11) is 0. The fourth-order valence-corrected chi connectivity index (χ4v) is 5.30. The SMILES string of the molecule is O=C(O[C@H]1CC[C@@H](O)CC1)N1CCN(C(=O)c2ccc(Oc3nccn4c(-c5conc5C(F)(F)F)cnc34)cc2O)CC1. The molecular formula is C28H27F3N6O7. The maximum atomic E-state index is 13.4. The molecule has 6 rings (SSSR count). The van der Waals surface area contributed by atoms with Crippen LogP contribution in [0.5, 0.6) is 17.4 Å². The van der Waals surface area contributed by atoms with Gasteiger partial charge in [0.25, 0.3) is 11.8 Å². The van der Waals surface area contributed by atoms with Gasteiger partial charge in [-0.25, -0.2) is 14.8 Å². The van der Waals surface area contributed by atoms with Crippen molar-refractivity contribution in [3.05, 3.63) is 54.3 Å². The van der Waals surface area contributed by atoms with E-state index >= 15 is 0 Å². The second-order valence-corrected chi connectivity index (χ2v) is 10.5. The van der Waals surface area contributed by atoms with Gasteiger partial charge in [0.1, 0.15) is 23.9 Å². The molecule has 2 N–H and O–H groups in total. The zero-order valence-corrected chi connectivity index (χ0v) is 23.1. The minimum Gasteiger partial charge on any atom is -0.507 e. The number of benzene rings is 1. The molecule has 16 heteroatoms. The number of phenolic OH excluding ortho intramolecular Hbond substituents is 1. The molecule has 232 valence electrons. The van der Waals surface area contributed by atoms with Gasteiger partial charge in [0.05, 0.1) is 29.1 Å². The lowest BCUT2D eigenvalue weighted by atomic mass is 9.95. The summed E-state index contributed by atoms with van der Waals surface area (Å²) in [5.41, 5.74) is -1.35. The molecule has 1 aliphatic heterocycles. The number of alkyl halides is 3. The van der Waals surface area contributed by atoms with E-state index in [-0.39, 0.29) is 78.2 Å². The first-order valence-corrected chi connectivity index (χ1v) is 13.9. The molecule has 0 radical (unpaired) electrons. The molecule has 1 saturated heterocycles. The molecular weight excluding hydrogens is 589 g/mol. The van der Waals surface area contributed by atoms with Gasteiger partial charge in [0.2, 0.25) is 5.65 Å². The van der Waals surface area contributed by atoms with Crippen LogP contribution in [0.25, 0.3) is 16.9 Å². The minimum atomic E-state index is -4.74. The zero-order valence-electron chi connectivity index (χ0n) is 23.1. The molecule has 0 bridgehead atoms. The normalized spacial score (nSPS) is 19.3. The molecule has 1 aliphatic carbocycles. The van der Waals surface area contributed by atoms with Gasteiger partial charge in [0.15, 0.2) is 5.69 Å². The number of aromatic hydroxyl groups is 1. The number of phenols is 1. The third kappa shape index (κ3) is 5.84. The Morgan fingerprint density at radius 2 is 1.75 bits per heavy atom. The van der Waals surface area contributed by atoms with Gasteiger partial charge in [0, 0.05) is 44.6 Å². The van der Waals surface area contributed by atoms with Crippen LogP contribution in [0.3, 0.4) is 0 Å². The van der Waals surface area contributed by atoms with Crippen molar-refractivity contribution in [2.75, 3.05) is 26.2 Å². The molecule has 2 aliphatic rings. The number of carbonyl (C=O) groups excluding carboxylic acids is 2. The van der Waals surface area contributed by atoms with Crippen LogP contribution < -0.4 is 4.74 Å². The fraction of sp³-hybridized carbons (Fsp3) is 0.393. The van der Waals surface area contributed by atoms with Crippen LogP contribution in [0.15, 0.2) is 47.6 Å². The second kappa shape index (κ2) is 11.7. The molecule has 13 nitrogen and oxygen atoms in total. The van der Waals surface area contributed by atoms with Crippen molar-refractivity contribution in [1.82, 2.24) is 29.3 Å². The molecule has 2 amide bonds. The van der Waals surface area contributed by atoms with Crippen LogP contribution >= 0.6 is 0 Å². The number of ether oxygens (including phenoxy) is 2. The van der Waals surface area contributed by atoms with Crippen molar-refractivity contribution in [2.24, 2.45) is 0 Å². The number of fused-ring (bicyclic) bond motifs is 1. The molecule has 3 aromatic heterocycles. The lowest BCUT2D eigenvalue weighted by molar-refractivity contribution is -0.142. The standard InChI is InChI=1S/C28H27F3N6O7/c29-28(30,31)23-20(15-42-34-23)21-14-33-24-25(32-7-8-37(21)24)43-18-5-6-19(22(39)13-18)26(40)35-9-11-36(12-10-35)27(41)44-17-3-1-16(38)2-4-17/h5-8,13-17,38-39H,1-4,9-12H2/t16-,17+. The summed E-state index contributed by atoms with van der Waals surface area (Å²) in [6.45, 7) is 1.02. The second-order valence-electron chi connectivity index (χ2n) is 10.5. The number of halogens is 3. The van der Waals surface area contributed by atoms with E-state index in [1.165, 1.54) is 51.0 Å². The maximum Gasteiger partial charge on any atom is 0.437 e. The van der Waals surface area contributed by atoms with E-state index < -0.39 is 23.9 Å². The van der Waals surface area contributed by atoms with Gasteiger partial charge >= 0.3 is 12.3 Å². The van der Waals surface area contributed by atoms with Gasteiger partial charge in [-0.2, -0.15) is 13.2 Å². The third-order valence-electron chi connectivity index (χ3n) is 7.66. The van der Waals surface area contributed by atoms with Gasteiger partial charge < -0.3 is 34.0 Å². The Labute approximate surface area is 247 Å². The van der Waals surface area contributed by atoms with Crippen molar-refractivity contribution in [3.8, 4) is 28.6 Å². The number of amides is 2. The molecule has 2 fully saturated rings. The van der Waals surface area contributed by atoms with Gasteiger partial charge in [-0.3, -0.25) is 9.20 Å². The molecule has 0 unspecified atom stereocenters. The summed E-state index contributed by atoms with van der Waals surface area (Å²) < 4.78 is 57.3. The summed E-state index contributed by atoms with van der Waals surface area (Å²) in [5.74, 6) is -0.748. The van der Waals surface area contributed by atoms with Crippen molar-refractivity contribution >= 4 is 17.6 Å². The summed E-state index contributed by atoms with van der Waals surface area (Å²) in [6.07, 6.45) is 1.44. The van der Waals surface area contributed by atoms with Crippen molar-refractivity contribution in [3.63, 3.8) is 0 Å². The number of nitrogens with zero attached hydrogens (tertiary/aromatic N) is 6. The van der Waals surface area contributed by atoms with Crippen LogP contribution in [0.1, 0.15) is 41.7 Å². The number of hydrogen-bond acceptors (Lipinski definition) is 10. The number of imidazole rings is 1. The average Bonchev–Trinajstić information content (AvgIpc) is 3.66. The summed E-state index contributed by atoms with van der Waals surface area (Å²) in [5, 5.41) is 23.4. The summed E-state index contributed by atoms with van der Waals surface area (Å²) in [6, 6.07) is 4.05. The highest BCUT2D eigenvalue weighted by Gasteiger charge is 2.39. The van der Waals surface area contributed by atoms with Gasteiger partial charge in [-0.1, -0.05) is 5.16 Å². The number of aliphatic hydroxyl groups excluding tert-OH is 1. The smallest absolute Gasteiger partial charge is 0.437 e. The highest BCUT2D eigenvalue weighted by atomic mass is 19.4. The Kier molecular flexibility index (Phi) is 7.75. The largest absolute Gasteiger partial charge is 0.507 e. The molecule has 4 aromatic rings. The minimum absolute atomic E-state index is 0.0237. The molecule has 0 spiro atoms. The number of carbonyl (C=O) groups is 2. The Hall–Kier alpha value is -4.86. The van der Waals surface area contributed by atoms with Crippen LogP contribution in [0.4, 0.5) is 18.0 Å². The fourth-order valence-electron chi connectivity index (χ4n) is 5.30. The van der Waals surface area contributed by atoms with Gasteiger partial charge in [-0.15, -0.1) is 0 Å². The van der Waals surface area contributed by atoms with Gasteiger partial charge in [-0.05, 0) is 37.8 Å². The van der Waals surface area contributed by atoms with Crippen LogP contribution in [-0.4, -0.2) is 89.9 Å². The quantitative estimate of drug-likeness (QED) is 0.335. The topological polar surface area (TPSA) is 156 Å². The molecule has 0 atom stereocenters. The van der Waals surface area contributed by atoms with Crippen molar-refractivity contribution in [2.45, 2.75) is 44.1 Å². The van der Waals surface area contributed by atoms with Crippen LogP contribution in [-0.2, 0) is 10.9 Å². The maximum absolute atomic E-state index is 13.4. The highest BCUT2D eigenvalue weighted by Crippen LogP contribution is 2.37. The van der Waals surface area contributed by atoms with E-state index in [1.807, 2.05) is 0 Å². The number of aliphatic hydroxyl groups is 1. The first-order chi connectivity index (χ1) is 21.1. The Morgan fingerprint density at radius 1 is 1.02 bits per heavy atom. The Bertz CT molecular complexity index is 1670. The highest BCUT2D eigenvalue weighted by molar-refractivity contribution is 5.97.